The Morgan fingerprint density at radius 3 is 2.45 bits per heavy atom. The molecule has 114 valence electrons. The predicted molar refractivity (Wildman–Crippen MR) is 85.8 cm³/mol. The average molecular weight is 321 g/mol. The molecule has 0 amide bonds. The molecule has 1 aromatic heterocycles. The lowest BCUT2D eigenvalue weighted by Gasteiger charge is -2.17. The maximum Gasteiger partial charge on any atom is 0.123 e. The fraction of sp³-hybridized carbons (Fsp3) is 0.176. The Labute approximate surface area is 133 Å². The van der Waals surface area contributed by atoms with Crippen LogP contribution in [0, 0.1) is 11.6 Å². The normalized spacial score (nSPS) is 13.7. The standard InChI is InChI=1S/C17H14F2N2.ClH/c18-11-1-4-13(5-2-11)21-16-6-3-12(19)9-14(16)15-10-20-8-7-17(15)21;/h1-6,9,20H,7-8,10H2;1H. The highest BCUT2D eigenvalue weighted by molar-refractivity contribution is 5.87. The van der Waals surface area contributed by atoms with Gasteiger partial charge in [-0.25, -0.2) is 8.78 Å². The smallest absolute Gasteiger partial charge is 0.123 e. The number of hydrogen-bond donors (Lipinski definition) is 1. The van der Waals surface area contributed by atoms with Crippen molar-refractivity contribution in [1.82, 2.24) is 9.88 Å². The van der Waals surface area contributed by atoms with Gasteiger partial charge in [-0.1, -0.05) is 0 Å². The minimum absolute atomic E-state index is 0. The number of aromatic nitrogens is 1. The summed E-state index contributed by atoms with van der Waals surface area (Å²) in [4.78, 5) is 0. The molecule has 1 aliphatic heterocycles. The molecule has 22 heavy (non-hydrogen) atoms. The van der Waals surface area contributed by atoms with E-state index in [1.54, 1.807) is 24.3 Å². The van der Waals surface area contributed by atoms with Gasteiger partial charge in [0.1, 0.15) is 11.6 Å². The maximum atomic E-state index is 13.6. The first-order valence-electron chi connectivity index (χ1n) is 7.02. The van der Waals surface area contributed by atoms with Gasteiger partial charge in [-0.15, -0.1) is 12.4 Å². The first-order valence-corrected chi connectivity index (χ1v) is 7.02. The molecule has 3 aromatic rings. The number of nitrogens with zero attached hydrogens (tertiary/aromatic N) is 1. The molecule has 0 aliphatic carbocycles. The molecule has 2 heterocycles. The minimum Gasteiger partial charge on any atom is -0.313 e. The number of fused-ring (bicyclic) bond motifs is 3. The molecule has 1 aliphatic rings. The monoisotopic (exact) mass is 320 g/mol. The summed E-state index contributed by atoms with van der Waals surface area (Å²) in [5.41, 5.74) is 4.20. The Morgan fingerprint density at radius 1 is 0.955 bits per heavy atom. The second-order valence-corrected chi connectivity index (χ2v) is 5.33. The maximum absolute atomic E-state index is 13.6. The summed E-state index contributed by atoms with van der Waals surface area (Å²) < 4.78 is 28.9. The SMILES string of the molecule is Cl.Fc1ccc(-n2c3c(c4cc(F)ccc42)CNCC3)cc1. The highest BCUT2D eigenvalue weighted by Crippen LogP contribution is 2.32. The summed E-state index contributed by atoms with van der Waals surface area (Å²) >= 11 is 0. The van der Waals surface area contributed by atoms with E-state index in [1.807, 2.05) is 0 Å². The molecule has 4 rings (SSSR count). The van der Waals surface area contributed by atoms with Crippen LogP contribution in [-0.2, 0) is 13.0 Å². The highest BCUT2D eigenvalue weighted by Gasteiger charge is 2.20. The molecular weight excluding hydrogens is 306 g/mol. The van der Waals surface area contributed by atoms with Crippen LogP contribution in [0.5, 0.6) is 0 Å². The zero-order valence-electron chi connectivity index (χ0n) is 11.8. The second-order valence-electron chi connectivity index (χ2n) is 5.33. The van der Waals surface area contributed by atoms with Crippen LogP contribution in [0.2, 0.25) is 0 Å². The third-order valence-corrected chi connectivity index (χ3v) is 4.07. The first-order chi connectivity index (χ1) is 10.2. The quantitative estimate of drug-likeness (QED) is 0.717. The second kappa shape index (κ2) is 5.71. The van der Waals surface area contributed by atoms with Gasteiger partial charge < -0.3 is 9.88 Å². The Hall–Kier alpha value is -1.91. The summed E-state index contributed by atoms with van der Waals surface area (Å²) in [6, 6.07) is 11.3. The molecule has 0 atom stereocenters. The van der Waals surface area contributed by atoms with Gasteiger partial charge in [0.25, 0.3) is 0 Å². The minimum atomic E-state index is -0.253. The average Bonchev–Trinajstić information content (AvgIpc) is 2.82. The molecule has 0 radical (unpaired) electrons. The largest absolute Gasteiger partial charge is 0.313 e. The first kappa shape index (κ1) is 15.0. The molecule has 0 unspecified atom stereocenters. The van der Waals surface area contributed by atoms with Crippen molar-refractivity contribution in [3.05, 3.63) is 65.4 Å². The van der Waals surface area contributed by atoms with Crippen LogP contribution in [0.4, 0.5) is 8.78 Å². The number of benzene rings is 2. The van der Waals surface area contributed by atoms with E-state index >= 15 is 0 Å². The van der Waals surface area contributed by atoms with Crippen molar-refractivity contribution < 1.29 is 8.78 Å². The number of halogens is 3. The van der Waals surface area contributed by atoms with Crippen molar-refractivity contribution >= 4 is 23.3 Å². The van der Waals surface area contributed by atoms with Gasteiger partial charge in [-0.2, -0.15) is 0 Å². The lowest BCUT2D eigenvalue weighted by Crippen LogP contribution is -2.24. The summed E-state index contributed by atoms with van der Waals surface area (Å²) in [5.74, 6) is -0.482. The van der Waals surface area contributed by atoms with Gasteiger partial charge in [0.15, 0.2) is 0 Å². The molecular formula is C17H15ClF2N2. The third-order valence-electron chi connectivity index (χ3n) is 4.07. The van der Waals surface area contributed by atoms with Crippen molar-refractivity contribution in [2.45, 2.75) is 13.0 Å². The van der Waals surface area contributed by atoms with E-state index in [9.17, 15) is 8.78 Å². The molecule has 2 nitrogen and oxygen atoms in total. The highest BCUT2D eigenvalue weighted by atomic mass is 35.5. The van der Waals surface area contributed by atoms with Crippen molar-refractivity contribution in [1.29, 1.82) is 0 Å². The van der Waals surface area contributed by atoms with Crippen molar-refractivity contribution in [3.63, 3.8) is 0 Å². The number of nitrogens with one attached hydrogen (secondary N) is 1. The summed E-state index contributed by atoms with van der Waals surface area (Å²) in [5, 5.41) is 4.26. The summed E-state index contributed by atoms with van der Waals surface area (Å²) in [6.07, 6.45) is 0.878. The Bertz CT molecular complexity index is 825. The number of hydrogen-bond acceptors (Lipinski definition) is 1. The van der Waals surface area contributed by atoms with Crippen LogP contribution >= 0.6 is 12.4 Å². The molecule has 0 saturated carbocycles. The van der Waals surface area contributed by atoms with Crippen LogP contribution in [-0.4, -0.2) is 11.1 Å². The van der Waals surface area contributed by atoms with E-state index in [0.29, 0.717) is 0 Å². The van der Waals surface area contributed by atoms with Gasteiger partial charge in [0.2, 0.25) is 0 Å². The van der Waals surface area contributed by atoms with Gasteiger partial charge in [-0.05, 0) is 48.0 Å². The van der Waals surface area contributed by atoms with E-state index in [-0.39, 0.29) is 24.0 Å². The Morgan fingerprint density at radius 2 is 1.68 bits per heavy atom. The van der Waals surface area contributed by atoms with E-state index in [4.69, 9.17) is 0 Å². The van der Waals surface area contributed by atoms with E-state index < -0.39 is 0 Å². The van der Waals surface area contributed by atoms with Gasteiger partial charge >= 0.3 is 0 Å². The predicted octanol–water partition coefficient (Wildman–Crippen LogP) is 3.98. The van der Waals surface area contributed by atoms with Crippen LogP contribution in [0.25, 0.3) is 16.6 Å². The molecule has 0 spiro atoms. The molecule has 0 fully saturated rings. The third kappa shape index (κ3) is 2.28. The van der Waals surface area contributed by atoms with E-state index in [0.717, 1.165) is 41.7 Å². The van der Waals surface area contributed by atoms with E-state index in [1.165, 1.54) is 23.9 Å². The van der Waals surface area contributed by atoms with E-state index in [2.05, 4.69) is 9.88 Å². The Balaban J connectivity index is 0.00000144. The van der Waals surface area contributed by atoms with Gasteiger partial charge in [0, 0.05) is 36.3 Å². The zero-order chi connectivity index (χ0) is 14.4. The van der Waals surface area contributed by atoms with Crippen LogP contribution < -0.4 is 5.32 Å². The van der Waals surface area contributed by atoms with Crippen LogP contribution in [0.15, 0.2) is 42.5 Å². The van der Waals surface area contributed by atoms with Crippen LogP contribution in [0.3, 0.4) is 0 Å². The van der Waals surface area contributed by atoms with Crippen molar-refractivity contribution in [3.8, 4) is 5.69 Å². The Kier molecular flexibility index (Phi) is 3.89. The fourth-order valence-corrected chi connectivity index (χ4v) is 3.15. The number of rotatable bonds is 1. The zero-order valence-corrected chi connectivity index (χ0v) is 12.6. The molecule has 2 aromatic carbocycles. The van der Waals surface area contributed by atoms with Gasteiger partial charge in [0.05, 0.1) is 5.52 Å². The topological polar surface area (TPSA) is 17.0 Å². The van der Waals surface area contributed by atoms with Crippen molar-refractivity contribution in [2.24, 2.45) is 0 Å². The summed E-state index contributed by atoms with van der Waals surface area (Å²) in [7, 11) is 0. The molecule has 0 bridgehead atoms. The van der Waals surface area contributed by atoms with Gasteiger partial charge in [-0.3, -0.25) is 0 Å². The summed E-state index contributed by atoms with van der Waals surface area (Å²) in [6.45, 7) is 1.64. The fourth-order valence-electron chi connectivity index (χ4n) is 3.15. The van der Waals surface area contributed by atoms with Crippen molar-refractivity contribution in [2.75, 3.05) is 6.54 Å². The molecule has 1 N–H and O–H groups in total. The molecule has 5 heteroatoms. The lowest BCUT2D eigenvalue weighted by atomic mass is 10.1. The lowest BCUT2D eigenvalue weighted by molar-refractivity contribution is 0.623. The van der Waals surface area contributed by atoms with Crippen LogP contribution in [0.1, 0.15) is 11.3 Å². The molecule has 0 saturated heterocycles.